The topological polar surface area (TPSA) is 41.6 Å². The van der Waals surface area contributed by atoms with Gasteiger partial charge in [-0.15, -0.1) is 0 Å². The van der Waals surface area contributed by atoms with E-state index in [9.17, 15) is 4.79 Å². The molecule has 1 N–H and O–H groups in total. The summed E-state index contributed by atoms with van der Waals surface area (Å²) < 4.78 is 5.61. The number of ether oxygens (including phenoxy) is 1. The van der Waals surface area contributed by atoms with Crippen LogP contribution in [-0.4, -0.2) is 41.8 Å². The Hall–Kier alpha value is -0.610. The first-order valence-corrected chi connectivity index (χ1v) is 7.83. The van der Waals surface area contributed by atoms with Gasteiger partial charge in [0.05, 0.1) is 17.8 Å². The van der Waals surface area contributed by atoms with E-state index in [1.165, 1.54) is 12.8 Å². The van der Waals surface area contributed by atoms with Crippen LogP contribution in [0.1, 0.15) is 59.3 Å². The van der Waals surface area contributed by atoms with E-state index in [0.717, 1.165) is 25.7 Å². The second kappa shape index (κ2) is 6.23. The molecule has 1 saturated carbocycles. The number of nitrogens with zero attached hydrogens (tertiary/aromatic N) is 1. The maximum atomic E-state index is 12.8. The summed E-state index contributed by atoms with van der Waals surface area (Å²) in [4.78, 5) is 14.8. The minimum atomic E-state index is -0.244. The predicted octanol–water partition coefficient (Wildman–Crippen LogP) is 2.28. The lowest BCUT2D eigenvalue weighted by atomic mass is 9.98. The van der Waals surface area contributed by atoms with Crippen molar-refractivity contribution in [2.24, 2.45) is 0 Å². The molecule has 4 heteroatoms. The summed E-state index contributed by atoms with van der Waals surface area (Å²) in [5.74, 6) is 0.315. The van der Waals surface area contributed by atoms with Crippen molar-refractivity contribution < 1.29 is 9.53 Å². The normalized spacial score (nSPS) is 27.4. The van der Waals surface area contributed by atoms with Crippen LogP contribution in [0.5, 0.6) is 0 Å². The van der Waals surface area contributed by atoms with Crippen molar-refractivity contribution in [3.05, 3.63) is 0 Å². The molecule has 0 aromatic carbocycles. The van der Waals surface area contributed by atoms with Gasteiger partial charge in [0.15, 0.2) is 0 Å². The second-order valence-corrected chi connectivity index (χ2v) is 5.96. The molecule has 1 amide bonds. The van der Waals surface area contributed by atoms with Crippen molar-refractivity contribution in [2.45, 2.75) is 77.1 Å². The summed E-state index contributed by atoms with van der Waals surface area (Å²) in [6, 6.07) is 0. The molecule has 4 nitrogen and oxygen atoms in total. The third-order valence-electron chi connectivity index (χ3n) is 4.41. The summed E-state index contributed by atoms with van der Waals surface area (Å²) >= 11 is 0. The van der Waals surface area contributed by atoms with Gasteiger partial charge in [-0.25, -0.2) is 0 Å². The van der Waals surface area contributed by atoms with E-state index in [1.807, 2.05) is 11.8 Å². The molecule has 2 unspecified atom stereocenters. The number of carbonyl (C=O) groups is 1. The monoisotopic (exact) mass is 268 g/mol. The minimum absolute atomic E-state index is 0.117. The van der Waals surface area contributed by atoms with Crippen molar-refractivity contribution >= 4 is 5.91 Å². The average molecular weight is 268 g/mol. The highest BCUT2D eigenvalue weighted by atomic mass is 16.5. The fraction of sp³-hybridized carbons (Fsp3) is 0.933. The third-order valence-corrected chi connectivity index (χ3v) is 4.41. The fourth-order valence-electron chi connectivity index (χ4n) is 3.54. The van der Waals surface area contributed by atoms with Crippen LogP contribution >= 0.6 is 0 Å². The van der Waals surface area contributed by atoms with Crippen LogP contribution in [0, 0.1) is 0 Å². The van der Waals surface area contributed by atoms with E-state index in [0.29, 0.717) is 19.1 Å². The van der Waals surface area contributed by atoms with Gasteiger partial charge in [0, 0.05) is 13.2 Å². The number of carbonyl (C=O) groups excluding carboxylic acids is 1. The molecule has 0 aromatic rings. The minimum Gasteiger partial charge on any atom is -0.377 e. The molecular weight excluding hydrogens is 240 g/mol. The molecule has 1 aliphatic carbocycles. The van der Waals surface area contributed by atoms with E-state index in [2.05, 4.69) is 19.2 Å². The van der Waals surface area contributed by atoms with Crippen molar-refractivity contribution in [1.82, 2.24) is 10.2 Å². The molecular formula is C15H28N2O2. The summed E-state index contributed by atoms with van der Waals surface area (Å²) in [6.07, 6.45) is 6.81. The smallest absolute Gasteiger partial charge is 0.244 e. The molecule has 1 saturated heterocycles. The molecule has 2 aliphatic rings. The second-order valence-electron chi connectivity index (χ2n) is 5.96. The quantitative estimate of drug-likeness (QED) is 0.803. The zero-order chi connectivity index (χ0) is 13.9. The lowest BCUT2D eigenvalue weighted by Crippen LogP contribution is -2.44. The number of hydrogen-bond donors (Lipinski definition) is 1. The molecule has 1 heterocycles. The highest BCUT2D eigenvalue weighted by Gasteiger charge is 2.51. The molecule has 0 radical (unpaired) electrons. The van der Waals surface area contributed by atoms with Gasteiger partial charge in [-0.3, -0.25) is 10.1 Å². The van der Waals surface area contributed by atoms with Gasteiger partial charge in [-0.2, -0.15) is 0 Å². The van der Waals surface area contributed by atoms with Crippen LogP contribution in [0.3, 0.4) is 0 Å². The lowest BCUT2D eigenvalue weighted by molar-refractivity contribution is -0.134. The summed E-state index contributed by atoms with van der Waals surface area (Å²) in [7, 11) is 0. The molecule has 0 bridgehead atoms. The van der Waals surface area contributed by atoms with E-state index in [1.54, 1.807) is 0 Å². The SMILES string of the molecule is CCCC1NC2(CCCC2)C(=O)N1CC(C)OCC. The molecule has 1 spiro atoms. The molecule has 110 valence electrons. The van der Waals surface area contributed by atoms with Crippen LogP contribution in [0.2, 0.25) is 0 Å². The highest BCUT2D eigenvalue weighted by Crippen LogP contribution is 2.37. The van der Waals surface area contributed by atoms with E-state index < -0.39 is 0 Å². The maximum absolute atomic E-state index is 12.8. The largest absolute Gasteiger partial charge is 0.377 e. The molecule has 0 aromatic heterocycles. The Morgan fingerprint density at radius 3 is 2.68 bits per heavy atom. The maximum Gasteiger partial charge on any atom is 0.244 e. The van der Waals surface area contributed by atoms with Crippen LogP contribution in [-0.2, 0) is 9.53 Å². The molecule has 2 fully saturated rings. The van der Waals surface area contributed by atoms with E-state index >= 15 is 0 Å². The van der Waals surface area contributed by atoms with Crippen molar-refractivity contribution in [3.8, 4) is 0 Å². The van der Waals surface area contributed by atoms with Gasteiger partial charge in [-0.1, -0.05) is 26.2 Å². The van der Waals surface area contributed by atoms with Gasteiger partial charge >= 0.3 is 0 Å². The van der Waals surface area contributed by atoms with Gasteiger partial charge in [0.2, 0.25) is 5.91 Å². The summed E-state index contributed by atoms with van der Waals surface area (Å²) in [5.41, 5.74) is -0.244. The van der Waals surface area contributed by atoms with Crippen LogP contribution in [0.15, 0.2) is 0 Å². The van der Waals surface area contributed by atoms with Crippen molar-refractivity contribution in [3.63, 3.8) is 0 Å². The predicted molar refractivity (Wildman–Crippen MR) is 75.8 cm³/mol. The molecule has 2 atom stereocenters. The Kier molecular flexibility index (Phi) is 4.85. The molecule has 2 rings (SSSR count). The Morgan fingerprint density at radius 1 is 1.42 bits per heavy atom. The van der Waals surface area contributed by atoms with Crippen molar-refractivity contribution in [2.75, 3.05) is 13.2 Å². The lowest BCUT2D eigenvalue weighted by Gasteiger charge is -2.27. The first-order valence-electron chi connectivity index (χ1n) is 7.83. The van der Waals surface area contributed by atoms with E-state index in [4.69, 9.17) is 4.74 Å². The zero-order valence-electron chi connectivity index (χ0n) is 12.6. The van der Waals surface area contributed by atoms with Gasteiger partial charge in [-0.05, 0) is 33.1 Å². The van der Waals surface area contributed by atoms with Gasteiger partial charge < -0.3 is 9.64 Å². The number of amides is 1. The van der Waals surface area contributed by atoms with Crippen LogP contribution in [0.25, 0.3) is 0 Å². The number of hydrogen-bond acceptors (Lipinski definition) is 3. The van der Waals surface area contributed by atoms with Gasteiger partial charge in [0.25, 0.3) is 0 Å². The first-order chi connectivity index (χ1) is 9.13. The Bertz CT molecular complexity index is 313. The van der Waals surface area contributed by atoms with E-state index in [-0.39, 0.29) is 17.8 Å². The Labute approximate surface area is 116 Å². The number of nitrogens with one attached hydrogen (secondary N) is 1. The highest BCUT2D eigenvalue weighted by molar-refractivity contribution is 5.89. The Morgan fingerprint density at radius 2 is 2.11 bits per heavy atom. The molecule has 19 heavy (non-hydrogen) atoms. The number of rotatable bonds is 6. The summed E-state index contributed by atoms with van der Waals surface area (Å²) in [5, 5.41) is 3.64. The third kappa shape index (κ3) is 2.95. The first kappa shape index (κ1) is 14.8. The molecule has 1 aliphatic heterocycles. The Balaban J connectivity index is 2.07. The fourth-order valence-corrected chi connectivity index (χ4v) is 3.54. The summed E-state index contributed by atoms with van der Waals surface area (Å²) in [6.45, 7) is 7.66. The zero-order valence-corrected chi connectivity index (χ0v) is 12.6. The van der Waals surface area contributed by atoms with Crippen LogP contribution < -0.4 is 5.32 Å². The van der Waals surface area contributed by atoms with Crippen LogP contribution in [0.4, 0.5) is 0 Å². The average Bonchev–Trinajstić information content (AvgIpc) is 2.93. The van der Waals surface area contributed by atoms with Gasteiger partial charge in [0.1, 0.15) is 0 Å². The van der Waals surface area contributed by atoms with Crippen molar-refractivity contribution in [1.29, 1.82) is 0 Å². The standard InChI is InChI=1S/C15H28N2O2/c1-4-8-13-16-15(9-6-7-10-15)14(18)17(13)11-12(3)19-5-2/h12-13,16H,4-11H2,1-3H3.